The van der Waals surface area contributed by atoms with Crippen molar-refractivity contribution in [1.82, 2.24) is 9.97 Å². The van der Waals surface area contributed by atoms with Gasteiger partial charge in [0, 0.05) is 11.6 Å². The minimum absolute atomic E-state index is 0.0346. The second-order valence-electron chi connectivity index (χ2n) is 4.44. The third-order valence-corrected chi connectivity index (χ3v) is 4.80. The summed E-state index contributed by atoms with van der Waals surface area (Å²) in [5.74, 6) is 0. The molecule has 0 fully saturated rings. The van der Waals surface area contributed by atoms with Crippen molar-refractivity contribution in [1.29, 1.82) is 0 Å². The van der Waals surface area contributed by atoms with Crippen LogP contribution in [-0.4, -0.2) is 9.97 Å². The average molecular weight is 329 g/mol. The molecule has 0 amide bonds. The molecule has 21 heavy (non-hydrogen) atoms. The highest BCUT2D eigenvalue weighted by atomic mass is 32.1. The molecule has 0 saturated heterocycles. The predicted molar refractivity (Wildman–Crippen MR) is 78.8 cm³/mol. The van der Waals surface area contributed by atoms with Crippen LogP contribution < -0.4 is 5.32 Å². The molecule has 2 heterocycles. The van der Waals surface area contributed by atoms with E-state index >= 15 is 0 Å². The molecule has 0 aliphatic rings. The molecule has 3 nitrogen and oxygen atoms in total. The number of alkyl halides is 3. The highest BCUT2D eigenvalue weighted by Gasteiger charge is 2.30. The quantitative estimate of drug-likeness (QED) is 0.739. The second-order valence-corrected chi connectivity index (χ2v) is 6.39. The summed E-state index contributed by atoms with van der Waals surface area (Å²) < 4.78 is 38.7. The number of nitrogens with zero attached hydrogens (tertiary/aromatic N) is 2. The minimum atomic E-state index is -4.35. The second kappa shape index (κ2) is 5.27. The maximum Gasteiger partial charge on any atom is 0.416 e. The van der Waals surface area contributed by atoms with E-state index in [0.29, 0.717) is 10.6 Å². The van der Waals surface area contributed by atoms with Crippen LogP contribution in [0.15, 0.2) is 29.8 Å². The van der Waals surface area contributed by atoms with Gasteiger partial charge in [0.2, 0.25) is 0 Å². The first-order valence-electron chi connectivity index (χ1n) is 6.07. The monoisotopic (exact) mass is 329 g/mol. The molecular weight excluding hydrogens is 319 g/mol. The van der Waals surface area contributed by atoms with Gasteiger partial charge in [0.1, 0.15) is 5.01 Å². The van der Waals surface area contributed by atoms with Crippen LogP contribution in [0.1, 0.15) is 23.5 Å². The van der Waals surface area contributed by atoms with Gasteiger partial charge in [-0.1, -0.05) is 11.3 Å². The number of rotatable bonds is 3. The number of hydrogen-bond acceptors (Lipinski definition) is 5. The molecule has 1 aromatic carbocycles. The molecule has 8 heteroatoms. The van der Waals surface area contributed by atoms with Crippen molar-refractivity contribution in [2.24, 2.45) is 0 Å². The molecule has 0 spiro atoms. The van der Waals surface area contributed by atoms with E-state index in [9.17, 15) is 13.2 Å². The lowest BCUT2D eigenvalue weighted by molar-refractivity contribution is -0.137. The Morgan fingerprint density at radius 2 is 2.10 bits per heavy atom. The van der Waals surface area contributed by atoms with Crippen molar-refractivity contribution in [3.05, 3.63) is 40.3 Å². The fourth-order valence-electron chi connectivity index (χ4n) is 1.86. The fourth-order valence-corrected chi connectivity index (χ4v) is 3.44. The van der Waals surface area contributed by atoms with E-state index in [1.54, 1.807) is 6.20 Å². The van der Waals surface area contributed by atoms with Crippen LogP contribution in [0.25, 0.3) is 10.2 Å². The Morgan fingerprint density at radius 1 is 1.29 bits per heavy atom. The summed E-state index contributed by atoms with van der Waals surface area (Å²) in [4.78, 5) is 8.42. The maximum atomic E-state index is 12.7. The predicted octanol–water partition coefficient (Wildman–Crippen LogP) is 4.94. The molecule has 0 aliphatic carbocycles. The van der Waals surface area contributed by atoms with Gasteiger partial charge in [-0.05, 0) is 25.1 Å². The van der Waals surface area contributed by atoms with Crippen LogP contribution in [0.5, 0.6) is 0 Å². The van der Waals surface area contributed by atoms with E-state index in [1.807, 2.05) is 12.3 Å². The first-order chi connectivity index (χ1) is 9.93. The van der Waals surface area contributed by atoms with Gasteiger partial charge in [0.05, 0.1) is 21.8 Å². The number of hydrogen-bond donors (Lipinski definition) is 1. The summed E-state index contributed by atoms with van der Waals surface area (Å²) in [6.45, 7) is 1.94. The zero-order valence-corrected chi connectivity index (χ0v) is 12.4. The molecule has 1 unspecified atom stereocenters. The van der Waals surface area contributed by atoms with Crippen molar-refractivity contribution >= 4 is 38.0 Å². The van der Waals surface area contributed by atoms with Crippen LogP contribution >= 0.6 is 22.7 Å². The van der Waals surface area contributed by atoms with E-state index in [1.165, 1.54) is 28.7 Å². The molecular formula is C13H10F3N3S2. The Hall–Kier alpha value is -1.67. The van der Waals surface area contributed by atoms with Crippen molar-refractivity contribution in [3.8, 4) is 0 Å². The van der Waals surface area contributed by atoms with Crippen LogP contribution in [0.3, 0.4) is 0 Å². The first kappa shape index (κ1) is 14.3. The molecule has 110 valence electrons. The summed E-state index contributed by atoms with van der Waals surface area (Å²) in [7, 11) is 0. The third kappa shape index (κ3) is 3.01. The number of halogens is 3. The zero-order valence-electron chi connectivity index (χ0n) is 10.8. The van der Waals surface area contributed by atoms with Gasteiger partial charge < -0.3 is 5.32 Å². The van der Waals surface area contributed by atoms with Crippen LogP contribution in [0.2, 0.25) is 0 Å². The lowest BCUT2D eigenvalue weighted by atomic mass is 10.2. The Morgan fingerprint density at radius 3 is 2.76 bits per heavy atom. The molecule has 0 bridgehead atoms. The molecule has 0 saturated carbocycles. The highest BCUT2D eigenvalue weighted by molar-refractivity contribution is 7.22. The number of aromatic nitrogens is 2. The molecule has 0 aliphatic heterocycles. The maximum absolute atomic E-state index is 12.7. The van der Waals surface area contributed by atoms with Gasteiger partial charge >= 0.3 is 6.18 Å². The Kier molecular flexibility index (Phi) is 3.58. The molecule has 1 atom stereocenters. The van der Waals surface area contributed by atoms with Gasteiger partial charge in [-0.3, -0.25) is 0 Å². The van der Waals surface area contributed by atoms with Crippen molar-refractivity contribution < 1.29 is 13.2 Å². The summed E-state index contributed by atoms with van der Waals surface area (Å²) in [5.41, 5.74) is -0.330. The smallest absolute Gasteiger partial charge is 0.353 e. The van der Waals surface area contributed by atoms with Gasteiger partial charge in [-0.15, -0.1) is 11.3 Å². The number of nitrogens with one attached hydrogen (secondary N) is 1. The van der Waals surface area contributed by atoms with Crippen LogP contribution in [0, 0.1) is 0 Å². The average Bonchev–Trinajstić information content (AvgIpc) is 3.05. The van der Waals surface area contributed by atoms with E-state index in [2.05, 4.69) is 15.3 Å². The van der Waals surface area contributed by atoms with Gasteiger partial charge in [-0.2, -0.15) is 13.2 Å². The van der Waals surface area contributed by atoms with Crippen LogP contribution in [0.4, 0.5) is 18.3 Å². The third-order valence-electron chi connectivity index (χ3n) is 2.88. The van der Waals surface area contributed by atoms with Gasteiger partial charge in [0.25, 0.3) is 0 Å². The molecule has 0 radical (unpaired) electrons. The number of fused-ring (bicyclic) bond motifs is 1. The molecule has 1 N–H and O–H groups in total. The van der Waals surface area contributed by atoms with Crippen molar-refractivity contribution in [3.63, 3.8) is 0 Å². The van der Waals surface area contributed by atoms with E-state index in [0.717, 1.165) is 21.8 Å². The van der Waals surface area contributed by atoms with E-state index in [4.69, 9.17) is 0 Å². The van der Waals surface area contributed by atoms with E-state index in [-0.39, 0.29) is 6.04 Å². The van der Waals surface area contributed by atoms with Crippen molar-refractivity contribution in [2.45, 2.75) is 19.1 Å². The standard InChI is InChI=1S/C13H10F3N3S2/c1-7(11-17-4-5-20-11)18-12-19-9-6-8(13(14,15)16)2-3-10(9)21-12/h2-7H,1H3,(H,18,19). The summed E-state index contributed by atoms with van der Waals surface area (Å²) in [6, 6.07) is 3.57. The lowest BCUT2D eigenvalue weighted by Gasteiger charge is -2.08. The Balaban J connectivity index is 1.87. The van der Waals surface area contributed by atoms with Crippen LogP contribution in [-0.2, 0) is 6.18 Å². The van der Waals surface area contributed by atoms with Crippen molar-refractivity contribution in [2.75, 3.05) is 5.32 Å². The Labute approximate surface area is 126 Å². The molecule has 3 rings (SSSR count). The summed E-state index contributed by atoms with van der Waals surface area (Å²) in [6.07, 6.45) is -2.63. The van der Waals surface area contributed by atoms with Gasteiger partial charge in [-0.25, -0.2) is 9.97 Å². The summed E-state index contributed by atoms with van der Waals surface area (Å²) >= 11 is 2.85. The lowest BCUT2D eigenvalue weighted by Crippen LogP contribution is -2.05. The van der Waals surface area contributed by atoms with E-state index < -0.39 is 11.7 Å². The first-order valence-corrected chi connectivity index (χ1v) is 7.77. The largest absolute Gasteiger partial charge is 0.416 e. The SMILES string of the molecule is CC(Nc1nc2cc(C(F)(F)F)ccc2s1)c1nccs1. The molecule has 3 aromatic rings. The highest BCUT2D eigenvalue weighted by Crippen LogP contribution is 2.34. The normalized spacial score (nSPS) is 13.5. The van der Waals surface area contributed by atoms with Gasteiger partial charge in [0.15, 0.2) is 5.13 Å². The fraction of sp³-hybridized carbons (Fsp3) is 0.231. The minimum Gasteiger partial charge on any atom is -0.353 e. The Bertz CT molecular complexity index is 750. The topological polar surface area (TPSA) is 37.8 Å². The number of benzene rings is 1. The number of anilines is 1. The number of thiazole rings is 2. The molecule has 2 aromatic heterocycles. The zero-order chi connectivity index (χ0) is 15.0. The summed E-state index contributed by atoms with van der Waals surface area (Å²) in [5, 5.41) is 6.54.